The Balaban J connectivity index is 4.01. The van der Waals surface area contributed by atoms with E-state index in [2.05, 4.69) is 4.72 Å². The summed E-state index contributed by atoms with van der Waals surface area (Å²) < 4.78 is 26.1. The normalized spacial score (nSPS) is 11.6. The molecule has 0 aliphatic rings. The van der Waals surface area contributed by atoms with Gasteiger partial charge in [-0.2, -0.15) is 12.7 Å². The van der Waals surface area contributed by atoms with E-state index in [0.29, 0.717) is 6.42 Å². The molecule has 0 aromatic carbocycles. The standard InChI is InChI=1S/C8H17N3O5S/c1-11(6-4-8(13)14)17(15,16)10-5-2-3-7(9)12/h10H,2-6H2,1H3,(H2,9,12)(H,13,14). The summed E-state index contributed by atoms with van der Waals surface area (Å²) in [6.07, 6.45) is 0.140. The van der Waals surface area contributed by atoms with Gasteiger partial charge in [0.2, 0.25) is 5.91 Å². The second kappa shape index (κ2) is 7.20. The van der Waals surface area contributed by atoms with Gasteiger partial charge in [0.15, 0.2) is 0 Å². The predicted molar refractivity (Wildman–Crippen MR) is 60.2 cm³/mol. The number of carbonyl (C=O) groups excluding carboxylic acids is 1. The lowest BCUT2D eigenvalue weighted by atomic mass is 10.3. The van der Waals surface area contributed by atoms with Crippen LogP contribution in [0, 0.1) is 0 Å². The van der Waals surface area contributed by atoms with E-state index in [9.17, 15) is 18.0 Å². The van der Waals surface area contributed by atoms with Gasteiger partial charge in [0, 0.05) is 26.6 Å². The zero-order valence-corrected chi connectivity index (χ0v) is 10.4. The highest BCUT2D eigenvalue weighted by atomic mass is 32.2. The number of nitrogens with one attached hydrogen (secondary N) is 1. The van der Waals surface area contributed by atoms with Crippen molar-refractivity contribution in [1.29, 1.82) is 0 Å². The summed E-state index contributed by atoms with van der Waals surface area (Å²) in [7, 11) is -2.41. The van der Waals surface area contributed by atoms with Crippen LogP contribution in [0.5, 0.6) is 0 Å². The van der Waals surface area contributed by atoms with Crippen molar-refractivity contribution in [3.8, 4) is 0 Å². The number of rotatable bonds is 9. The molecule has 0 saturated carbocycles. The molecule has 0 radical (unpaired) electrons. The first kappa shape index (κ1) is 15.8. The maximum absolute atomic E-state index is 11.5. The number of carbonyl (C=O) groups is 2. The first-order valence-electron chi connectivity index (χ1n) is 4.96. The number of primary amides is 1. The Bertz CT molecular complexity index is 367. The largest absolute Gasteiger partial charge is 0.481 e. The average Bonchev–Trinajstić information content (AvgIpc) is 2.20. The molecular formula is C8H17N3O5S. The molecule has 17 heavy (non-hydrogen) atoms. The fourth-order valence-electron chi connectivity index (χ4n) is 0.947. The third-order valence-corrected chi connectivity index (χ3v) is 3.51. The summed E-state index contributed by atoms with van der Waals surface area (Å²) >= 11 is 0. The Labute approximate surface area is 100.0 Å². The molecule has 0 aliphatic carbocycles. The van der Waals surface area contributed by atoms with Gasteiger partial charge in [0.25, 0.3) is 10.2 Å². The minimum absolute atomic E-state index is 0.0860. The third-order valence-electron chi connectivity index (χ3n) is 1.94. The third kappa shape index (κ3) is 7.66. The van der Waals surface area contributed by atoms with E-state index in [0.717, 1.165) is 4.31 Å². The van der Waals surface area contributed by atoms with E-state index in [1.807, 2.05) is 0 Å². The number of aliphatic carboxylic acids is 1. The number of hydrogen-bond donors (Lipinski definition) is 3. The number of carboxylic acids is 1. The van der Waals surface area contributed by atoms with Gasteiger partial charge in [-0.3, -0.25) is 9.59 Å². The van der Waals surface area contributed by atoms with Crippen LogP contribution in [0.2, 0.25) is 0 Å². The molecule has 8 nitrogen and oxygen atoms in total. The lowest BCUT2D eigenvalue weighted by Gasteiger charge is -2.16. The fourth-order valence-corrected chi connectivity index (χ4v) is 1.90. The van der Waals surface area contributed by atoms with E-state index in [-0.39, 0.29) is 25.9 Å². The van der Waals surface area contributed by atoms with Gasteiger partial charge in [0.05, 0.1) is 6.42 Å². The summed E-state index contributed by atoms with van der Waals surface area (Å²) in [6.45, 7) is -0.0246. The zero-order chi connectivity index (χ0) is 13.5. The first-order chi connectivity index (χ1) is 7.75. The van der Waals surface area contributed by atoms with Crippen LogP contribution in [-0.4, -0.2) is 49.8 Å². The Morgan fingerprint density at radius 2 is 1.94 bits per heavy atom. The van der Waals surface area contributed by atoms with Crippen molar-refractivity contribution in [2.75, 3.05) is 20.1 Å². The molecule has 0 aromatic heterocycles. The Morgan fingerprint density at radius 1 is 1.35 bits per heavy atom. The van der Waals surface area contributed by atoms with Gasteiger partial charge in [-0.05, 0) is 6.42 Å². The van der Waals surface area contributed by atoms with Crippen molar-refractivity contribution in [3.63, 3.8) is 0 Å². The van der Waals surface area contributed by atoms with Gasteiger partial charge in [-0.15, -0.1) is 0 Å². The van der Waals surface area contributed by atoms with Crippen molar-refractivity contribution in [1.82, 2.24) is 9.03 Å². The molecule has 9 heteroatoms. The van der Waals surface area contributed by atoms with Crippen molar-refractivity contribution < 1.29 is 23.1 Å². The monoisotopic (exact) mass is 267 g/mol. The van der Waals surface area contributed by atoms with Gasteiger partial charge >= 0.3 is 5.97 Å². The van der Waals surface area contributed by atoms with Crippen LogP contribution in [0.15, 0.2) is 0 Å². The molecule has 0 unspecified atom stereocenters. The fraction of sp³-hybridized carbons (Fsp3) is 0.750. The predicted octanol–water partition coefficient (Wildman–Crippen LogP) is -1.51. The SMILES string of the molecule is CN(CCC(=O)O)S(=O)(=O)NCCCC(N)=O. The van der Waals surface area contributed by atoms with E-state index < -0.39 is 22.1 Å². The van der Waals surface area contributed by atoms with E-state index in [1.54, 1.807) is 0 Å². The molecule has 0 rings (SSSR count). The number of nitrogens with two attached hydrogens (primary N) is 1. The van der Waals surface area contributed by atoms with Crippen LogP contribution < -0.4 is 10.5 Å². The molecule has 1 amide bonds. The quantitative estimate of drug-likeness (QED) is 0.437. The van der Waals surface area contributed by atoms with Gasteiger partial charge in [0.1, 0.15) is 0 Å². The summed E-state index contributed by atoms with van der Waals surface area (Å²) in [6, 6.07) is 0. The molecule has 4 N–H and O–H groups in total. The van der Waals surface area contributed by atoms with Crippen LogP contribution in [0.4, 0.5) is 0 Å². The number of nitrogens with zero attached hydrogens (tertiary/aromatic N) is 1. The molecule has 0 saturated heterocycles. The maximum atomic E-state index is 11.5. The topological polar surface area (TPSA) is 130 Å². The van der Waals surface area contributed by atoms with E-state index in [1.165, 1.54) is 7.05 Å². The lowest BCUT2D eigenvalue weighted by Crippen LogP contribution is -2.39. The molecule has 0 bridgehead atoms. The molecule has 0 heterocycles. The van der Waals surface area contributed by atoms with Crippen LogP contribution in [0.1, 0.15) is 19.3 Å². The molecular weight excluding hydrogens is 250 g/mol. The highest BCUT2D eigenvalue weighted by molar-refractivity contribution is 7.87. The lowest BCUT2D eigenvalue weighted by molar-refractivity contribution is -0.137. The second-order valence-corrected chi connectivity index (χ2v) is 5.30. The smallest absolute Gasteiger partial charge is 0.304 e. The first-order valence-corrected chi connectivity index (χ1v) is 6.40. The minimum atomic E-state index is -3.69. The van der Waals surface area contributed by atoms with E-state index >= 15 is 0 Å². The van der Waals surface area contributed by atoms with Crippen LogP contribution in [0.25, 0.3) is 0 Å². The van der Waals surface area contributed by atoms with E-state index in [4.69, 9.17) is 10.8 Å². The van der Waals surface area contributed by atoms with Gasteiger partial charge in [-0.1, -0.05) is 0 Å². The minimum Gasteiger partial charge on any atom is -0.481 e. The van der Waals surface area contributed by atoms with Crippen molar-refractivity contribution >= 4 is 22.1 Å². The van der Waals surface area contributed by atoms with Gasteiger partial charge < -0.3 is 10.8 Å². The summed E-state index contributed by atoms with van der Waals surface area (Å²) in [5, 5.41) is 8.41. The number of carboxylic acid groups (broad SMARTS) is 1. The van der Waals surface area contributed by atoms with Crippen molar-refractivity contribution in [3.05, 3.63) is 0 Å². The summed E-state index contributed by atoms with van der Waals surface area (Å²) in [5.41, 5.74) is 4.89. The number of hydrogen-bond acceptors (Lipinski definition) is 4. The Kier molecular flexibility index (Phi) is 6.69. The van der Waals surface area contributed by atoms with Crippen LogP contribution in [0.3, 0.4) is 0 Å². The average molecular weight is 267 g/mol. The maximum Gasteiger partial charge on any atom is 0.304 e. The zero-order valence-electron chi connectivity index (χ0n) is 9.55. The molecule has 0 aromatic rings. The molecule has 0 aliphatic heterocycles. The summed E-state index contributed by atoms with van der Waals surface area (Å²) in [5.74, 6) is -1.57. The highest BCUT2D eigenvalue weighted by Crippen LogP contribution is 1.96. The summed E-state index contributed by atoms with van der Waals surface area (Å²) in [4.78, 5) is 20.7. The van der Waals surface area contributed by atoms with Crippen molar-refractivity contribution in [2.24, 2.45) is 5.73 Å². The molecule has 0 fully saturated rings. The molecule has 0 atom stereocenters. The van der Waals surface area contributed by atoms with Crippen molar-refractivity contribution in [2.45, 2.75) is 19.3 Å². The highest BCUT2D eigenvalue weighted by Gasteiger charge is 2.17. The molecule has 100 valence electrons. The Morgan fingerprint density at radius 3 is 2.41 bits per heavy atom. The Hall–Kier alpha value is -1.19. The number of amides is 1. The second-order valence-electron chi connectivity index (χ2n) is 3.43. The molecule has 0 spiro atoms. The van der Waals surface area contributed by atoms with Gasteiger partial charge in [-0.25, -0.2) is 4.72 Å². The van der Waals surface area contributed by atoms with Crippen LogP contribution in [-0.2, 0) is 19.8 Å². The van der Waals surface area contributed by atoms with Crippen LogP contribution >= 0.6 is 0 Å².